The minimum atomic E-state index is 0. The molecule has 0 saturated carbocycles. The molecule has 0 aliphatic carbocycles. The van der Waals surface area contributed by atoms with Crippen LogP contribution in [0.3, 0.4) is 0 Å². The van der Waals surface area contributed by atoms with E-state index < -0.39 is 0 Å². The zero-order valence-electron chi connectivity index (χ0n) is 17.2. The number of aliphatic imine (C=N–C) groups is 1. The Balaban J connectivity index is 0.00000576. The lowest BCUT2D eigenvalue weighted by Gasteiger charge is -2.39. The van der Waals surface area contributed by atoms with Crippen LogP contribution in [-0.2, 0) is 4.74 Å². The molecule has 1 aliphatic heterocycles. The van der Waals surface area contributed by atoms with Gasteiger partial charge in [-0.05, 0) is 38.3 Å². The molecule has 1 fully saturated rings. The van der Waals surface area contributed by atoms with Crippen molar-refractivity contribution in [3.05, 3.63) is 0 Å². The third-order valence-corrected chi connectivity index (χ3v) is 4.74. The number of ether oxygens (including phenoxy) is 1. The van der Waals surface area contributed by atoms with Gasteiger partial charge in [-0.25, -0.2) is 0 Å². The van der Waals surface area contributed by atoms with Crippen LogP contribution in [0.1, 0.15) is 54.4 Å². The molecule has 0 aromatic rings. The number of halogens is 1. The van der Waals surface area contributed by atoms with Gasteiger partial charge in [0.15, 0.2) is 5.96 Å². The van der Waals surface area contributed by atoms with Crippen LogP contribution in [0.4, 0.5) is 0 Å². The Morgan fingerprint density at radius 2 is 1.84 bits per heavy atom. The standard InChI is InChI=1S/C19H40N4O.HI/c1-7-20-18(21-12-13-23(8-2)9-3)22-15-16-11-10-14-24-17(16)19(4,5)6;/h16-17H,7-15H2,1-6H3,(H2,20,21,22);1H. The average molecular weight is 468 g/mol. The number of likely N-dealkylation sites (N-methyl/N-ethyl adjacent to an activating group) is 1. The maximum absolute atomic E-state index is 6.07. The van der Waals surface area contributed by atoms with Gasteiger partial charge in [-0.3, -0.25) is 4.99 Å². The monoisotopic (exact) mass is 468 g/mol. The number of hydrogen-bond donors (Lipinski definition) is 2. The van der Waals surface area contributed by atoms with E-state index in [2.05, 4.69) is 57.1 Å². The lowest BCUT2D eigenvalue weighted by Crippen LogP contribution is -2.44. The predicted octanol–water partition coefficient (Wildman–Crippen LogP) is 3.34. The van der Waals surface area contributed by atoms with Crippen molar-refractivity contribution < 1.29 is 4.74 Å². The minimum Gasteiger partial charge on any atom is -0.377 e. The van der Waals surface area contributed by atoms with Crippen molar-refractivity contribution in [1.29, 1.82) is 0 Å². The molecule has 2 atom stereocenters. The number of nitrogens with zero attached hydrogens (tertiary/aromatic N) is 2. The van der Waals surface area contributed by atoms with Crippen LogP contribution in [-0.4, -0.2) is 62.8 Å². The lowest BCUT2D eigenvalue weighted by atomic mass is 9.78. The van der Waals surface area contributed by atoms with Crippen LogP contribution < -0.4 is 10.6 Å². The summed E-state index contributed by atoms with van der Waals surface area (Å²) in [6.45, 7) is 20.1. The summed E-state index contributed by atoms with van der Waals surface area (Å²) in [6, 6.07) is 0. The highest BCUT2D eigenvalue weighted by Gasteiger charge is 2.35. The Labute approximate surface area is 172 Å². The summed E-state index contributed by atoms with van der Waals surface area (Å²) in [5, 5.41) is 6.83. The molecule has 5 nitrogen and oxygen atoms in total. The smallest absolute Gasteiger partial charge is 0.191 e. The van der Waals surface area contributed by atoms with Gasteiger partial charge in [-0.15, -0.1) is 24.0 Å². The molecule has 25 heavy (non-hydrogen) atoms. The highest BCUT2D eigenvalue weighted by Crippen LogP contribution is 2.34. The summed E-state index contributed by atoms with van der Waals surface area (Å²) in [5.74, 6) is 1.44. The number of rotatable bonds is 8. The topological polar surface area (TPSA) is 48.9 Å². The van der Waals surface area contributed by atoms with Gasteiger partial charge in [0.25, 0.3) is 0 Å². The van der Waals surface area contributed by atoms with Crippen LogP contribution in [0.25, 0.3) is 0 Å². The molecule has 150 valence electrons. The normalized spacial score (nSPS) is 21.8. The third kappa shape index (κ3) is 9.43. The SMILES string of the molecule is CCNC(=NCC1CCCOC1C(C)(C)C)NCCN(CC)CC.I. The van der Waals surface area contributed by atoms with Crippen molar-refractivity contribution >= 4 is 29.9 Å². The first-order chi connectivity index (χ1) is 11.4. The maximum Gasteiger partial charge on any atom is 0.191 e. The Kier molecular flexibility index (Phi) is 13.1. The van der Waals surface area contributed by atoms with Gasteiger partial charge in [0.1, 0.15) is 0 Å². The summed E-state index contributed by atoms with van der Waals surface area (Å²) in [7, 11) is 0. The number of nitrogens with one attached hydrogen (secondary N) is 2. The highest BCUT2D eigenvalue weighted by atomic mass is 127. The molecule has 1 aliphatic rings. The summed E-state index contributed by atoms with van der Waals surface area (Å²) in [5.41, 5.74) is 0.176. The minimum absolute atomic E-state index is 0. The number of hydrogen-bond acceptors (Lipinski definition) is 3. The van der Waals surface area contributed by atoms with Crippen LogP contribution in [0.2, 0.25) is 0 Å². The Bertz CT molecular complexity index is 367. The van der Waals surface area contributed by atoms with Crippen LogP contribution in [0, 0.1) is 11.3 Å². The summed E-state index contributed by atoms with van der Waals surface area (Å²) in [4.78, 5) is 7.26. The van der Waals surface area contributed by atoms with Gasteiger partial charge in [0, 0.05) is 38.7 Å². The summed E-state index contributed by atoms with van der Waals surface area (Å²) < 4.78 is 6.07. The van der Waals surface area contributed by atoms with Gasteiger partial charge in [0.2, 0.25) is 0 Å². The lowest BCUT2D eigenvalue weighted by molar-refractivity contribution is -0.0823. The second-order valence-corrected chi connectivity index (χ2v) is 7.73. The molecule has 2 N–H and O–H groups in total. The summed E-state index contributed by atoms with van der Waals surface area (Å²) >= 11 is 0. The molecule has 0 amide bonds. The molecule has 0 aromatic carbocycles. The second kappa shape index (κ2) is 13.1. The molecule has 0 aromatic heterocycles. The van der Waals surface area contributed by atoms with Crippen molar-refractivity contribution in [3.8, 4) is 0 Å². The van der Waals surface area contributed by atoms with Gasteiger partial charge in [0.05, 0.1) is 6.10 Å². The van der Waals surface area contributed by atoms with E-state index >= 15 is 0 Å². The second-order valence-electron chi connectivity index (χ2n) is 7.73. The molecule has 1 heterocycles. The van der Waals surface area contributed by atoms with E-state index in [1.807, 2.05) is 0 Å². The van der Waals surface area contributed by atoms with Crippen molar-refractivity contribution in [3.63, 3.8) is 0 Å². The van der Waals surface area contributed by atoms with Gasteiger partial charge >= 0.3 is 0 Å². The summed E-state index contributed by atoms with van der Waals surface area (Å²) in [6.07, 6.45) is 2.66. The first-order valence-electron chi connectivity index (χ1n) is 9.78. The molecule has 0 spiro atoms. The van der Waals surface area contributed by atoms with E-state index in [9.17, 15) is 0 Å². The van der Waals surface area contributed by atoms with Gasteiger partial charge < -0.3 is 20.3 Å². The largest absolute Gasteiger partial charge is 0.377 e. The van der Waals surface area contributed by atoms with Gasteiger partial charge in [-0.1, -0.05) is 34.6 Å². The zero-order chi connectivity index (χ0) is 18.0. The van der Waals surface area contributed by atoms with E-state index in [1.54, 1.807) is 0 Å². The Morgan fingerprint density at radius 3 is 2.40 bits per heavy atom. The molecule has 0 bridgehead atoms. The van der Waals surface area contributed by atoms with E-state index in [4.69, 9.17) is 9.73 Å². The molecule has 2 unspecified atom stereocenters. The van der Waals surface area contributed by atoms with E-state index in [-0.39, 0.29) is 29.4 Å². The first kappa shape index (κ1) is 24.9. The fourth-order valence-electron chi connectivity index (χ4n) is 3.41. The van der Waals surface area contributed by atoms with Crippen molar-refractivity contribution in [2.75, 3.05) is 45.9 Å². The van der Waals surface area contributed by atoms with Crippen molar-refractivity contribution in [1.82, 2.24) is 15.5 Å². The molecular formula is C19H41IN4O. The maximum atomic E-state index is 6.07. The fourth-order valence-corrected chi connectivity index (χ4v) is 3.41. The van der Waals surface area contributed by atoms with Gasteiger partial charge in [-0.2, -0.15) is 0 Å². The first-order valence-corrected chi connectivity index (χ1v) is 9.78. The Morgan fingerprint density at radius 1 is 1.16 bits per heavy atom. The predicted molar refractivity (Wildman–Crippen MR) is 119 cm³/mol. The van der Waals surface area contributed by atoms with E-state index in [0.29, 0.717) is 12.0 Å². The van der Waals surface area contributed by atoms with Crippen LogP contribution >= 0.6 is 24.0 Å². The van der Waals surface area contributed by atoms with Crippen LogP contribution in [0.5, 0.6) is 0 Å². The molecule has 0 radical (unpaired) electrons. The number of guanidine groups is 1. The van der Waals surface area contributed by atoms with Crippen LogP contribution in [0.15, 0.2) is 4.99 Å². The molecule has 6 heteroatoms. The third-order valence-electron chi connectivity index (χ3n) is 4.74. The highest BCUT2D eigenvalue weighted by molar-refractivity contribution is 14.0. The van der Waals surface area contributed by atoms with Crippen molar-refractivity contribution in [2.45, 2.75) is 60.5 Å². The zero-order valence-corrected chi connectivity index (χ0v) is 19.6. The average Bonchev–Trinajstić information content (AvgIpc) is 2.56. The Hall–Kier alpha value is -0.0800. The van der Waals surface area contributed by atoms with E-state index in [1.165, 1.54) is 6.42 Å². The molecule has 1 saturated heterocycles. The van der Waals surface area contributed by atoms with Crippen molar-refractivity contribution in [2.24, 2.45) is 16.3 Å². The molecular weight excluding hydrogens is 427 g/mol. The fraction of sp³-hybridized carbons (Fsp3) is 0.947. The quantitative estimate of drug-likeness (QED) is 0.326. The molecule has 1 rings (SSSR count). The van der Waals surface area contributed by atoms with E-state index in [0.717, 1.165) is 58.3 Å².